The van der Waals surface area contributed by atoms with E-state index >= 15 is 0 Å². The minimum Gasteiger partial charge on any atom is -0.456 e. The summed E-state index contributed by atoms with van der Waals surface area (Å²) in [5, 5.41) is 14.7. The Balaban J connectivity index is 2.38. The number of hydrogen-bond donors (Lipinski definition) is 2. The average molecular weight is 549 g/mol. The number of halogens is 6. The second-order valence-electron chi connectivity index (χ2n) is 9.76. The maximum absolute atomic E-state index is 13.3. The van der Waals surface area contributed by atoms with Gasteiger partial charge in [-0.25, -0.2) is 4.79 Å². The quantitative estimate of drug-likeness (QED) is 0.145. The summed E-state index contributed by atoms with van der Waals surface area (Å²) in [6.45, 7) is 5.55. The number of carbonyl (C=O) groups excluding carboxylic acids is 2. The fourth-order valence-electron chi connectivity index (χ4n) is 3.66. The molecule has 7 nitrogen and oxygen atoms in total. The van der Waals surface area contributed by atoms with Gasteiger partial charge >= 0.3 is 18.3 Å². The van der Waals surface area contributed by atoms with E-state index in [2.05, 4.69) is 10.6 Å². The SMILES string of the molecule is CC(C)(C)OC(=O)/C(C#N)=C(\NCCCN1CCCCCC1=O)Nc1cc(C(F)(F)F)cc(C(F)(F)F)c1. The number of alkyl halides is 6. The van der Waals surface area contributed by atoms with E-state index in [4.69, 9.17) is 4.74 Å². The van der Waals surface area contributed by atoms with Crippen molar-refractivity contribution in [2.75, 3.05) is 25.0 Å². The van der Waals surface area contributed by atoms with Crippen molar-refractivity contribution >= 4 is 17.6 Å². The molecule has 0 unspecified atom stereocenters. The van der Waals surface area contributed by atoms with Gasteiger partial charge in [0.05, 0.1) is 11.1 Å². The summed E-state index contributed by atoms with van der Waals surface area (Å²) in [4.78, 5) is 26.5. The lowest BCUT2D eigenvalue weighted by atomic mass is 10.1. The molecular weight excluding hydrogens is 518 g/mol. The lowest BCUT2D eigenvalue weighted by molar-refractivity contribution is -0.149. The van der Waals surface area contributed by atoms with Crippen LogP contribution in [0, 0.1) is 11.3 Å². The Bertz CT molecular complexity index is 1050. The van der Waals surface area contributed by atoms with Crippen molar-refractivity contribution in [3.8, 4) is 6.07 Å². The molecule has 0 saturated carbocycles. The monoisotopic (exact) mass is 548 g/mol. The van der Waals surface area contributed by atoms with Gasteiger partial charge < -0.3 is 20.3 Å². The van der Waals surface area contributed by atoms with Crippen molar-refractivity contribution in [3.63, 3.8) is 0 Å². The van der Waals surface area contributed by atoms with Crippen LogP contribution in [0.1, 0.15) is 64.0 Å². The van der Waals surface area contributed by atoms with Crippen LogP contribution in [0.2, 0.25) is 0 Å². The maximum atomic E-state index is 13.3. The number of esters is 1. The highest BCUT2D eigenvalue weighted by Gasteiger charge is 2.37. The fraction of sp³-hybridized carbons (Fsp3) is 0.560. The molecule has 0 radical (unpaired) electrons. The van der Waals surface area contributed by atoms with E-state index in [0.29, 0.717) is 38.1 Å². The fourth-order valence-corrected chi connectivity index (χ4v) is 3.66. The van der Waals surface area contributed by atoms with E-state index in [-0.39, 0.29) is 18.5 Å². The van der Waals surface area contributed by atoms with E-state index in [1.54, 1.807) is 11.0 Å². The van der Waals surface area contributed by atoms with E-state index < -0.39 is 52.1 Å². The molecule has 2 rings (SSSR count). The molecule has 1 saturated heterocycles. The predicted molar refractivity (Wildman–Crippen MR) is 126 cm³/mol. The molecule has 1 amide bonds. The summed E-state index contributed by atoms with van der Waals surface area (Å²) >= 11 is 0. The van der Waals surface area contributed by atoms with Crippen LogP contribution in [0.5, 0.6) is 0 Å². The molecule has 38 heavy (non-hydrogen) atoms. The Labute approximate surface area is 216 Å². The summed E-state index contributed by atoms with van der Waals surface area (Å²) in [7, 11) is 0. The van der Waals surface area contributed by atoms with Crippen molar-refractivity contribution in [2.45, 2.75) is 70.8 Å². The first-order valence-electron chi connectivity index (χ1n) is 12.0. The smallest absolute Gasteiger partial charge is 0.416 e. The van der Waals surface area contributed by atoms with E-state index in [1.807, 2.05) is 0 Å². The van der Waals surface area contributed by atoms with Crippen molar-refractivity contribution in [1.82, 2.24) is 10.2 Å². The third kappa shape index (κ3) is 9.46. The van der Waals surface area contributed by atoms with Gasteiger partial charge in [0.1, 0.15) is 17.5 Å². The van der Waals surface area contributed by atoms with Gasteiger partial charge in [0.25, 0.3) is 0 Å². The molecule has 1 aliphatic heterocycles. The van der Waals surface area contributed by atoms with Crippen LogP contribution in [-0.2, 0) is 26.7 Å². The van der Waals surface area contributed by atoms with Crippen molar-refractivity contribution in [2.24, 2.45) is 0 Å². The topological polar surface area (TPSA) is 94.5 Å². The molecule has 0 atom stereocenters. The van der Waals surface area contributed by atoms with Crippen molar-refractivity contribution < 1.29 is 40.7 Å². The number of ether oxygens (including phenoxy) is 1. The lowest BCUT2D eigenvalue weighted by Gasteiger charge is -2.23. The highest BCUT2D eigenvalue weighted by Crippen LogP contribution is 2.37. The van der Waals surface area contributed by atoms with E-state index in [0.717, 1.165) is 19.3 Å². The van der Waals surface area contributed by atoms with Gasteiger partial charge in [-0.3, -0.25) is 4.79 Å². The number of nitrogens with one attached hydrogen (secondary N) is 2. The molecule has 0 aromatic heterocycles. The van der Waals surface area contributed by atoms with Gasteiger partial charge in [0.2, 0.25) is 5.91 Å². The number of nitrogens with zero attached hydrogens (tertiary/aromatic N) is 2. The molecule has 1 aromatic carbocycles. The molecule has 1 fully saturated rings. The molecule has 210 valence electrons. The summed E-state index contributed by atoms with van der Waals surface area (Å²) in [6, 6.07) is 2.47. The standard InChI is InChI=1S/C25H30F6N4O3/c1-23(2,3)38-22(37)19(15-32)21(33-9-7-11-35-10-6-4-5-8-20(35)36)34-18-13-16(24(26,27)28)12-17(14-18)25(29,30)31/h12-14,33-34H,4-11H2,1-3H3/b21-19+. The van der Waals surface area contributed by atoms with Gasteiger partial charge in [-0.05, 0) is 58.2 Å². The molecule has 13 heteroatoms. The molecule has 1 heterocycles. The van der Waals surface area contributed by atoms with Gasteiger partial charge in [0, 0.05) is 31.7 Å². The summed E-state index contributed by atoms with van der Waals surface area (Å²) in [6.07, 6.45) is -6.84. The lowest BCUT2D eigenvalue weighted by Crippen LogP contribution is -2.34. The van der Waals surface area contributed by atoms with Gasteiger partial charge in [0.15, 0.2) is 5.57 Å². The highest BCUT2D eigenvalue weighted by atomic mass is 19.4. The predicted octanol–water partition coefficient (Wildman–Crippen LogP) is 5.60. The van der Waals surface area contributed by atoms with Gasteiger partial charge in [-0.1, -0.05) is 6.42 Å². The Morgan fingerprint density at radius 1 is 1.03 bits per heavy atom. The normalized spacial score (nSPS) is 15.8. The molecule has 0 aliphatic carbocycles. The largest absolute Gasteiger partial charge is 0.456 e. The number of benzene rings is 1. The van der Waals surface area contributed by atoms with Crippen LogP contribution in [0.3, 0.4) is 0 Å². The van der Waals surface area contributed by atoms with Crippen LogP contribution < -0.4 is 10.6 Å². The van der Waals surface area contributed by atoms with Gasteiger partial charge in [-0.15, -0.1) is 0 Å². The van der Waals surface area contributed by atoms with Crippen LogP contribution in [0.15, 0.2) is 29.6 Å². The molecular formula is C25H30F6N4O3. The Morgan fingerprint density at radius 3 is 2.16 bits per heavy atom. The number of nitriles is 1. The number of carbonyl (C=O) groups is 2. The van der Waals surface area contributed by atoms with E-state index in [9.17, 15) is 41.2 Å². The summed E-state index contributed by atoms with van der Waals surface area (Å²) in [5.74, 6) is -1.55. The first-order valence-corrected chi connectivity index (χ1v) is 12.0. The first kappa shape index (κ1) is 30.8. The Morgan fingerprint density at radius 2 is 1.63 bits per heavy atom. The molecule has 0 spiro atoms. The average Bonchev–Trinajstić information content (AvgIpc) is 2.98. The zero-order valence-electron chi connectivity index (χ0n) is 21.3. The Hall–Kier alpha value is -3.43. The molecule has 0 bridgehead atoms. The third-order valence-corrected chi connectivity index (χ3v) is 5.40. The van der Waals surface area contributed by atoms with Crippen LogP contribution >= 0.6 is 0 Å². The van der Waals surface area contributed by atoms with Crippen LogP contribution in [0.4, 0.5) is 32.0 Å². The minimum atomic E-state index is -5.09. The first-order chi connectivity index (χ1) is 17.5. The summed E-state index contributed by atoms with van der Waals surface area (Å²) in [5.41, 5.74) is -5.48. The second-order valence-corrected chi connectivity index (χ2v) is 9.76. The third-order valence-electron chi connectivity index (χ3n) is 5.40. The Kier molecular flexibility index (Phi) is 10.1. The molecule has 2 N–H and O–H groups in total. The van der Waals surface area contributed by atoms with Crippen molar-refractivity contribution in [3.05, 3.63) is 40.7 Å². The minimum absolute atomic E-state index is 0.00787. The molecule has 1 aromatic rings. The molecule has 1 aliphatic rings. The van der Waals surface area contributed by atoms with E-state index in [1.165, 1.54) is 20.8 Å². The number of amides is 1. The van der Waals surface area contributed by atoms with Crippen molar-refractivity contribution in [1.29, 1.82) is 5.26 Å². The van der Waals surface area contributed by atoms with Crippen LogP contribution in [-0.4, -0.2) is 42.0 Å². The number of anilines is 1. The number of hydrogen-bond acceptors (Lipinski definition) is 6. The highest BCUT2D eigenvalue weighted by molar-refractivity contribution is 5.94. The van der Waals surface area contributed by atoms with Crippen LogP contribution in [0.25, 0.3) is 0 Å². The number of rotatable bonds is 8. The zero-order chi connectivity index (χ0) is 28.7. The maximum Gasteiger partial charge on any atom is 0.416 e. The second kappa shape index (κ2) is 12.4. The number of likely N-dealkylation sites (tertiary alicyclic amines) is 1. The van der Waals surface area contributed by atoms with Gasteiger partial charge in [-0.2, -0.15) is 31.6 Å². The zero-order valence-corrected chi connectivity index (χ0v) is 21.3. The summed E-state index contributed by atoms with van der Waals surface area (Å²) < 4.78 is 85.1.